The Morgan fingerprint density at radius 1 is 1.00 bits per heavy atom. The number of amides is 2. The molecular weight excluding hydrogens is 452 g/mol. The predicted octanol–water partition coefficient (Wildman–Crippen LogP) is 2.92. The van der Waals surface area contributed by atoms with Gasteiger partial charge in [0.05, 0.1) is 12.1 Å². The topological polar surface area (TPSA) is 123 Å². The molecule has 0 aromatic heterocycles. The molecule has 9 heteroatoms. The van der Waals surface area contributed by atoms with Gasteiger partial charge in [0.2, 0.25) is 0 Å². The Labute approximate surface area is 204 Å². The lowest BCUT2D eigenvalue weighted by Gasteiger charge is -2.27. The van der Waals surface area contributed by atoms with Gasteiger partial charge in [0, 0.05) is 26.6 Å². The lowest BCUT2D eigenvalue weighted by Crippen LogP contribution is -2.51. The molecule has 0 saturated carbocycles. The van der Waals surface area contributed by atoms with Crippen LogP contribution in [0.1, 0.15) is 37.3 Å². The van der Waals surface area contributed by atoms with Crippen LogP contribution in [0.3, 0.4) is 0 Å². The number of carbonyl (C=O) groups is 3. The maximum Gasteiger partial charge on any atom is 0.407 e. The zero-order chi connectivity index (χ0) is 25.6. The average molecular weight is 485 g/mol. The van der Waals surface area contributed by atoms with E-state index in [1.165, 1.54) is 14.2 Å². The summed E-state index contributed by atoms with van der Waals surface area (Å²) in [6.45, 7) is 3.40. The van der Waals surface area contributed by atoms with Gasteiger partial charge >= 0.3 is 12.1 Å². The highest BCUT2D eigenvalue weighted by atomic mass is 16.5. The second-order valence-corrected chi connectivity index (χ2v) is 9.00. The summed E-state index contributed by atoms with van der Waals surface area (Å²) in [6, 6.07) is 14.8. The van der Waals surface area contributed by atoms with Crippen molar-refractivity contribution in [2.75, 3.05) is 27.4 Å². The molecule has 0 fully saturated rings. The number of rotatable bonds is 11. The summed E-state index contributed by atoms with van der Waals surface area (Å²) in [5.41, 5.74) is 3.68. The van der Waals surface area contributed by atoms with Crippen molar-refractivity contribution >= 4 is 18.0 Å². The molecule has 0 bridgehead atoms. The summed E-state index contributed by atoms with van der Waals surface area (Å²) in [5, 5.41) is 14.4. The number of carboxylic acids is 1. The molecule has 9 nitrogen and oxygen atoms in total. The van der Waals surface area contributed by atoms with E-state index >= 15 is 0 Å². The van der Waals surface area contributed by atoms with E-state index in [9.17, 15) is 19.5 Å². The van der Waals surface area contributed by atoms with Gasteiger partial charge in [0.1, 0.15) is 12.6 Å². The van der Waals surface area contributed by atoms with Gasteiger partial charge in [-0.05, 0) is 36.1 Å². The number of alkyl carbamates (subject to hydrolysis) is 1. The van der Waals surface area contributed by atoms with Gasteiger partial charge < -0.3 is 30.0 Å². The van der Waals surface area contributed by atoms with Crippen molar-refractivity contribution in [2.45, 2.75) is 43.9 Å². The van der Waals surface area contributed by atoms with Gasteiger partial charge in [-0.25, -0.2) is 9.59 Å². The number of carbonyl (C=O) groups excluding carboxylic acids is 2. The Balaban J connectivity index is 1.55. The first kappa shape index (κ1) is 26.2. The van der Waals surface area contributed by atoms with Crippen molar-refractivity contribution in [1.29, 1.82) is 0 Å². The molecule has 3 N–H and O–H groups in total. The minimum absolute atomic E-state index is 0.0564. The second kappa shape index (κ2) is 11.3. The molecule has 0 heterocycles. The molecule has 0 radical (unpaired) electrons. The van der Waals surface area contributed by atoms with Gasteiger partial charge in [0.15, 0.2) is 6.10 Å². The molecule has 2 amide bonds. The van der Waals surface area contributed by atoms with Gasteiger partial charge in [-0.1, -0.05) is 48.5 Å². The quantitative estimate of drug-likeness (QED) is 0.448. The number of hydrogen-bond donors (Lipinski definition) is 3. The van der Waals surface area contributed by atoms with Crippen LogP contribution < -0.4 is 10.6 Å². The van der Waals surface area contributed by atoms with Crippen LogP contribution in [-0.4, -0.2) is 68.2 Å². The van der Waals surface area contributed by atoms with E-state index in [4.69, 9.17) is 14.2 Å². The zero-order valence-electron chi connectivity index (χ0n) is 20.4. The number of hydrogen-bond acceptors (Lipinski definition) is 6. The predicted molar refractivity (Wildman–Crippen MR) is 129 cm³/mol. The number of methoxy groups -OCH3 is 2. The van der Waals surface area contributed by atoms with E-state index in [0.717, 1.165) is 22.3 Å². The largest absolute Gasteiger partial charge is 0.480 e. The van der Waals surface area contributed by atoms with Crippen LogP contribution in [0.5, 0.6) is 0 Å². The third kappa shape index (κ3) is 6.37. The summed E-state index contributed by atoms with van der Waals surface area (Å²) < 4.78 is 15.9. The summed E-state index contributed by atoms with van der Waals surface area (Å²) in [7, 11) is 2.77. The lowest BCUT2D eigenvalue weighted by molar-refractivity contribution is -0.145. The second-order valence-electron chi connectivity index (χ2n) is 9.00. The highest BCUT2D eigenvalue weighted by Crippen LogP contribution is 2.44. The van der Waals surface area contributed by atoms with Crippen LogP contribution in [0.2, 0.25) is 0 Å². The molecule has 0 saturated heterocycles. The molecule has 2 atom stereocenters. The van der Waals surface area contributed by atoms with Crippen molar-refractivity contribution in [3.05, 3.63) is 59.7 Å². The van der Waals surface area contributed by atoms with E-state index in [2.05, 4.69) is 10.6 Å². The third-order valence-corrected chi connectivity index (χ3v) is 6.22. The fourth-order valence-corrected chi connectivity index (χ4v) is 4.15. The van der Waals surface area contributed by atoms with Crippen molar-refractivity contribution in [2.24, 2.45) is 0 Å². The number of ether oxygens (including phenoxy) is 3. The Kier molecular flexibility index (Phi) is 8.48. The minimum atomic E-state index is -1.19. The molecule has 0 aliphatic heterocycles. The van der Waals surface area contributed by atoms with Crippen molar-refractivity contribution < 1.29 is 33.7 Å². The van der Waals surface area contributed by atoms with Crippen LogP contribution in [-0.2, 0) is 23.8 Å². The monoisotopic (exact) mass is 484 g/mol. The van der Waals surface area contributed by atoms with Crippen molar-refractivity contribution in [3.63, 3.8) is 0 Å². The number of carboxylic acid groups (broad SMARTS) is 1. The van der Waals surface area contributed by atoms with Crippen molar-refractivity contribution in [3.8, 4) is 11.1 Å². The number of nitrogens with one attached hydrogen (secondary N) is 2. The van der Waals surface area contributed by atoms with Gasteiger partial charge in [-0.2, -0.15) is 0 Å². The molecular formula is C26H32N2O7. The van der Waals surface area contributed by atoms with E-state index in [1.807, 2.05) is 48.5 Å². The minimum Gasteiger partial charge on any atom is -0.480 e. The van der Waals surface area contributed by atoms with E-state index < -0.39 is 35.7 Å². The number of aliphatic carboxylic acids is 1. The average Bonchev–Trinajstić information content (AvgIpc) is 3.16. The highest BCUT2D eigenvalue weighted by Gasteiger charge is 2.32. The fraction of sp³-hybridized carbons (Fsp3) is 0.423. The Bertz CT molecular complexity index is 1020. The van der Waals surface area contributed by atoms with E-state index in [-0.39, 0.29) is 25.5 Å². The van der Waals surface area contributed by atoms with Crippen LogP contribution in [0.4, 0.5) is 4.79 Å². The highest BCUT2D eigenvalue weighted by molar-refractivity contribution is 5.87. The molecule has 3 rings (SSSR count). The summed E-state index contributed by atoms with van der Waals surface area (Å²) in [4.78, 5) is 36.6. The van der Waals surface area contributed by atoms with E-state index in [0.29, 0.717) is 0 Å². The molecule has 1 aliphatic rings. The first-order valence-corrected chi connectivity index (χ1v) is 11.4. The van der Waals surface area contributed by atoms with Crippen LogP contribution >= 0.6 is 0 Å². The molecule has 188 valence electrons. The smallest absolute Gasteiger partial charge is 0.407 e. The SMILES string of the molecule is COC(CNC(=O)OCC1c2ccccc2-c2ccccc21)C(=O)NC(CC(C)(C)OC)C(=O)O. The van der Waals surface area contributed by atoms with Crippen LogP contribution in [0, 0.1) is 0 Å². The summed E-state index contributed by atoms with van der Waals surface area (Å²) >= 11 is 0. The lowest BCUT2D eigenvalue weighted by atomic mass is 9.98. The molecule has 2 aromatic rings. The van der Waals surface area contributed by atoms with Crippen LogP contribution in [0.15, 0.2) is 48.5 Å². The molecule has 1 aliphatic carbocycles. The van der Waals surface area contributed by atoms with Gasteiger partial charge in [0.25, 0.3) is 5.91 Å². The first-order valence-electron chi connectivity index (χ1n) is 11.4. The van der Waals surface area contributed by atoms with Gasteiger partial charge in [-0.15, -0.1) is 0 Å². The fourth-order valence-electron chi connectivity index (χ4n) is 4.15. The zero-order valence-corrected chi connectivity index (χ0v) is 20.4. The molecule has 2 aromatic carbocycles. The number of benzene rings is 2. The number of fused-ring (bicyclic) bond motifs is 3. The summed E-state index contributed by atoms with van der Waals surface area (Å²) in [6.07, 6.45) is -1.74. The Morgan fingerprint density at radius 3 is 2.09 bits per heavy atom. The summed E-state index contributed by atoms with van der Waals surface area (Å²) in [5.74, 6) is -1.94. The Hall–Kier alpha value is -3.43. The van der Waals surface area contributed by atoms with Crippen molar-refractivity contribution in [1.82, 2.24) is 10.6 Å². The first-order chi connectivity index (χ1) is 16.7. The maximum atomic E-state index is 12.6. The molecule has 2 unspecified atom stereocenters. The molecule has 35 heavy (non-hydrogen) atoms. The third-order valence-electron chi connectivity index (χ3n) is 6.22. The van der Waals surface area contributed by atoms with E-state index in [1.54, 1.807) is 13.8 Å². The van der Waals surface area contributed by atoms with Gasteiger partial charge in [-0.3, -0.25) is 4.79 Å². The Morgan fingerprint density at radius 2 is 1.57 bits per heavy atom. The molecule has 0 spiro atoms. The maximum absolute atomic E-state index is 12.6. The normalized spacial score (nSPS) is 14.4. The van der Waals surface area contributed by atoms with Crippen LogP contribution in [0.25, 0.3) is 11.1 Å². The standard InChI is InChI=1S/C26H32N2O7/c1-26(2,34-4)13-21(24(30)31)28-23(29)22(33-3)14-27-25(32)35-15-20-18-11-7-5-9-16(18)17-10-6-8-12-19(17)20/h5-12,20-22H,13-15H2,1-4H3,(H,27,32)(H,28,29)(H,30,31).